The van der Waals surface area contributed by atoms with Crippen LogP contribution in [0.15, 0.2) is 30.4 Å². The lowest BCUT2D eigenvalue weighted by Crippen LogP contribution is -2.14. The van der Waals surface area contributed by atoms with Crippen molar-refractivity contribution in [2.24, 2.45) is 0 Å². The Bertz CT molecular complexity index is 336. The highest BCUT2D eigenvalue weighted by molar-refractivity contribution is 6.30. The summed E-state index contributed by atoms with van der Waals surface area (Å²) in [7, 11) is 0. The summed E-state index contributed by atoms with van der Waals surface area (Å²) in [5, 5.41) is 3.43. The number of hydrogen-bond donors (Lipinski definition) is 1. The first-order valence-corrected chi connectivity index (χ1v) is 5.37. The molecular formula is C12H15ClFN. The van der Waals surface area contributed by atoms with Crippen molar-refractivity contribution in [3.63, 3.8) is 0 Å². The van der Waals surface area contributed by atoms with Gasteiger partial charge in [0.05, 0.1) is 5.02 Å². The molecule has 1 nitrogen and oxygen atoms in total. The molecule has 15 heavy (non-hydrogen) atoms. The second-order valence-corrected chi connectivity index (χ2v) is 3.69. The van der Waals surface area contributed by atoms with E-state index in [1.807, 2.05) is 13.0 Å². The molecule has 0 heterocycles. The van der Waals surface area contributed by atoms with Gasteiger partial charge in [-0.2, -0.15) is 0 Å². The zero-order valence-corrected chi connectivity index (χ0v) is 9.52. The van der Waals surface area contributed by atoms with E-state index in [1.165, 1.54) is 6.07 Å². The first-order chi connectivity index (χ1) is 7.24. The molecule has 82 valence electrons. The van der Waals surface area contributed by atoms with Gasteiger partial charge in [-0.3, -0.25) is 0 Å². The van der Waals surface area contributed by atoms with Crippen molar-refractivity contribution in [3.8, 4) is 0 Å². The Morgan fingerprint density at radius 2 is 2.27 bits per heavy atom. The molecule has 1 aromatic rings. The zero-order chi connectivity index (χ0) is 11.1. The minimum absolute atomic E-state index is 0.183. The van der Waals surface area contributed by atoms with Crippen molar-refractivity contribution in [1.29, 1.82) is 0 Å². The fourth-order valence-corrected chi connectivity index (χ4v) is 1.44. The number of benzene rings is 1. The van der Waals surface area contributed by atoms with Crippen LogP contribution in [-0.4, -0.2) is 6.54 Å². The average molecular weight is 228 g/mol. The van der Waals surface area contributed by atoms with Gasteiger partial charge in [-0.15, -0.1) is 0 Å². The molecule has 3 heteroatoms. The molecule has 1 rings (SSSR count). The fraction of sp³-hybridized carbons (Fsp3) is 0.333. The maximum Gasteiger partial charge on any atom is 0.141 e. The molecule has 0 aliphatic rings. The Kier molecular flexibility index (Phi) is 5.37. The quantitative estimate of drug-likeness (QED) is 0.600. The molecule has 0 saturated heterocycles. The second-order valence-electron chi connectivity index (χ2n) is 3.28. The normalized spacial score (nSPS) is 11.1. The topological polar surface area (TPSA) is 12.0 Å². The Morgan fingerprint density at radius 1 is 1.47 bits per heavy atom. The maximum atomic E-state index is 12.8. The molecule has 0 amide bonds. The van der Waals surface area contributed by atoms with Crippen LogP contribution in [0.4, 0.5) is 4.39 Å². The summed E-state index contributed by atoms with van der Waals surface area (Å²) in [5.74, 6) is -0.366. The summed E-state index contributed by atoms with van der Waals surface area (Å²) < 4.78 is 12.8. The first kappa shape index (κ1) is 12.2. The molecule has 1 aromatic carbocycles. The van der Waals surface area contributed by atoms with Gasteiger partial charge in [-0.05, 0) is 37.6 Å². The van der Waals surface area contributed by atoms with Crippen molar-refractivity contribution < 1.29 is 4.39 Å². The van der Waals surface area contributed by atoms with E-state index < -0.39 is 0 Å². The van der Waals surface area contributed by atoms with Gasteiger partial charge >= 0.3 is 0 Å². The van der Waals surface area contributed by atoms with Gasteiger partial charge in [-0.1, -0.05) is 29.8 Å². The van der Waals surface area contributed by atoms with Gasteiger partial charge < -0.3 is 5.32 Å². The van der Waals surface area contributed by atoms with Crippen molar-refractivity contribution in [2.75, 3.05) is 6.54 Å². The van der Waals surface area contributed by atoms with Crippen LogP contribution in [0.2, 0.25) is 5.02 Å². The smallest absolute Gasteiger partial charge is 0.141 e. The van der Waals surface area contributed by atoms with E-state index in [0.29, 0.717) is 0 Å². The highest BCUT2D eigenvalue weighted by Crippen LogP contribution is 2.15. The molecule has 0 aromatic heterocycles. The molecule has 0 radical (unpaired) electrons. The fourth-order valence-electron chi connectivity index (χ4n) is 1.23. The minimum Gasteiger partial charge on any atom is -0.312 e. The van der Waals surface area contributed by atoms with Gasteiger partial charge in [0, 0.05) is 6.54 Å². The number of nitrogens with one attached hydrogen (secondary N) is 1. The molecular weight excluding hydrogens is 213 g/mol. The lowest BCUT2D eigenvalue weighted by atomic mass is 10.2. The van der Waals surface area contributed by atoms with Crippen molar-refractivity contribution in [1.82, 2.24) is 5.32 Å². The van der Waals surface area contributed by atoms with Gasteiger partial charge in [0.15, 0.2) is 0 Å². The average Bonchev–Trinajstić information content (AvgIpc) is 2.23. The third-order valence-corrected chi connectivity index (χ3v) is 2.33. The van der Waals surface area contributed by atoms with E-state index in [-0.39, 0.29) is 10.8 Å². The summed E-state index contributed by atoms with van der Waals surface area (Å²) in [6, 6.07) is 4.79. The summed E-state index contributed by atoms with van der Waals surface area (Å²) in [5.41, 5.74) is 1.00. The predicted octanol–water partition coefficient (Wildman–Crippen LogP) is 3.53. The van der Waals surface area contributed by atoms with Crippen LogP contribution in [0.3, 0.4) is 0 Å². The highest BCUT2D eigenvalue weighted by atomic mass is 35.5. The van der Waals surface area contributed by atoms with Gasteiger partial charge in [-0.25, -0.2) is 4.39 Å². The highest BCUT2D eigenvalue weighted by Gasteiger charge is 1.99. The second kappa shape index (κ2) is 6.59. The monoisotopic (exact) mass is 227 g/mol. The SMILES string of the molecule is C/C=C/CCNCc1ccc(F)c(Cl)c1. The van der Waals surface area contributed by atoms with Gasteiger partial charge in [0.2, 0.25) is 0 Å². The van der Waals surface area contributed by atoms with Crippen LogP contribution >= 0.6 is 11.6 Å². The van der Waals surface area contributed by atoms with Crippen LogP contribution in [0, 0.1) is 5.82 Å². The van der Waals surface area contributed by atoms with E-state index in [1.54, 1.807) is 12.1 Å². The Balaban J connectivity index is 2.34. The third-order valence-electron chi connectivity index (χ3n) is 2.04. The van der Waals surface area contributed by atoms with Crippen molar-refractivity contribution in [3.05, 3.63) is 46.8 Å². The Labute approximate surface area is 95.0 Å². The van der Waals surface area contributed by atoms with Crippen LogP contribution in [0.5, 0.6) is 0 Å². The molecule has 0 bridgehead atoms. The zero-order valence-electron chi connectivity index (χ0n) is 8.76. The predicted molar refractivity (Wildman–Crippen MR) is 62.5 cm³/mol. The lowest BCUT2D eigenvalue weighted by molar-refractivity contribution is 0.625. The minimum atomic E-state index is -0.366. The largest absolute Gasteiger partial charge is 0.312 e. The Morgan fingerprint density at radius 3 is 2.93 bits per heavy atom. The molecule has 0 spiro atoms. The van der Waals surface area contributed by atoms with Crippen LogP contribution in [0.25, 0.3) is 0 Å². The summed E-state index contributed by atoms with van der Waals surface area (Å²) >= 11 is 5.66. The number of rotatable bonds is 5. The maximum absolute atomic E-state index is 12.8. The standard InChI is InChI=1S/C12H15ClFN/c1-2-3-4-7-15-9-10-5-6-12(14)11(13)8-10/h2-3,5-6,8,15H,4,7,9H2,1H3/b3-2+. The van der Waals surface area contributed by atoms with E-state index in [2.05, 4.69) is 11.4 Å². The molecule has 1 N–H and O–H groups in total. The molecule has 0 unspecified atom stereocenters. The molecule has 0 saturated carbocycles. The number of hydrogen-bond acceptors (Lipinski definition) is 1. The molecule has 0 aliphatic heterocycles. The first-order valence-electron chi connectivity index (χ1n) is 5.00. The summed E-state index contributed by atoms with van der Waals surface area (Å²) in [6.07, 6.45) is 5.13. The summed E-state index contributed by atoms with van der Waals surface area (Å²) in [4.78, 5) is 0. The van der Waals surface area contributed by atoms with E-state index in [4.69, 9.17) is 11.6 Å². The van der Waals surface area contributed by atoms with E-state index in [0.717, 1.165) is 25.1 Å². The van der Waals surface area contributed by atoms with Crippen LogP contribution in [-0.2, 0) is 6.54 Å². The molecule has 0 atom stereocenters. The summed E-state index contributed by atoms with van der Waals surface area (Å²) in [6.45, 7) is 3.64. The molecule has 0 fully saturated rings. The lowest BCUT2D eigenvalue weighted by Gasteiger charge is -2.04. The van der Waals surface area contributed by atoms with E-state index in [9.17, 15) is 4.39 Å². The van der Waals surface area contributed by atoms with Crippen molar-refractivity contribution in [2.45, 2.75) is 19.9 Å². The van der Waals surface area contributed by atoms with Gasteiger partial charge in [0.1, 0.15) is 5.82 Å². The Hall–Kier alpha value is -0.860. The van der Waals surface area contributed by atoms with Crippen molar-refractivity contribution >= 4 is 11.6 Å². The van der Waals surface area contributed by atoms with Gasteiger partial charge in [0.25, 0.3) is 0 Å². The van der Waals surface area contributed by atoms with Crippen LogP contribution < -0.4 is 5.32 Å². The molecule has 0 aliphatic carbocycles. The number of halogens is 2. The number of allylic oxidation sites excluding steroid dienone is 1. The third kappa shape index (κ3) is 4.45. The van der Waals surface area contributed by atoms with Crippen LogP contribution in [0.1, 0.15) is 18.9 Å². The van der Waals surface area contributed by atoms with E-state index >= 15 is 0 Å².